The number of carboxylic acids is 1. The van der Waals surface area contributed by atoms with Crippen LogP contribution in [0.15, 0.2) is 24.3 Å². The van der Waals surface area contributed by atoms with Crippen molar-refractivity contribution in [3.05, 3.63) is 70.3 Å². The molecule has 0 saturated carbocycles. The van der Waals surface area contributed by atoms with E-state index in [9.17, 15) is 45.5 Å². The second-order valence-electron chi connectivity index (χ2n) is 16.3. The van der Waals surface area contributed by atoms with E-state index in [2.05, 4.69) is 10.6 Å². The van der Waals surface area contributed by atoms with E-state index in [-0.39, 0.29) is 48.2 Å². The molecule has 0 unspecified atom stereocenters. The number of hydrogen-bond donors (Lipinski definition) is 4. The van der Waals surface area contributed by atoms with Gasteiger partial charge in [0.25, 0.3) is 0 Å². The maximum Gasteiger partial charge on any atom is 0.338 e. The van der Waals surface area contributed by atoms with Crippen molar-refractivity contribution in [2.45, 2.75) is 105 Å². The van der Waals surface area contributed by atoms with Crippen LogP contribution in [0, 0.1) is 51.7 Å². The number of carbonyl (C=O) groups is 4. The molecule has 320 valence electrons. The Labute approximate surface area is 328 Å². The summed E-state index contributed by atoms with van der Waals surface area (Å²) in [6, 6.07) is 1.33. The van der Waals surface area contributed by atoms with Gasteiger partial charge in [-0.05, 0) is 52.7 Å². The molecule has 2 fully saturated rings. The minimum absolute atomic E-state index is 0.0603. The van der Waals surface area contributed by atoms with Crippen molar-refractivity contribution in [3.63, 3.8) is 0 Å². The Hall–Kier alpha value is -4.10. The number of nitrogens with one attached hydrogen (secondary N) is 2. The summed E-state index contributed by atoms with van der Waals surface area (Å²) in [7, 11) is 0. The van der Waals surface area contributed by atoms with E-state index in [0.717, 1.165) is 0 Å². The Morgan fingerprint density at radius 2 is 1.04 bits per heavy atom. The van der Waals surface area contributed by atoms with Crippen LogP contribution in [-0.4, -0.2) is 84.8 Å². The standard InChI is InChI=1S/C20H26F3NO4.C12H24N2O3.C7H3F3O2/c1-11(6-16(25)12-7-14(22)15(23)8-13(12)21)9-24-18(26)17-19(2,3)10-27-20(4,5)28-17;1-8(13)6-14-10(15)9-11(2,3)7-16-12(4,5)17-9;8-4-2-6(10)5(9)1-3(4)7(11)12/h7-8,11,17H,6,9-10H2,1-5H3,(H,24,26);8-9H,6-7,13H2,1-5H3,(H,14,15);1-2H,(H,11,12)/t11-,17+;8-,9-;/m10./s1. The number of amides is 2. The van der Waals surface area contributed by atoms with Gasteiger partial charge in [0.05, 0.1) is 24.3 Å². The van der Waals surface area contributed by atoms with Gasteiger partial charge in [0, 0.05) is 48.5 Å². The number of carboxylic acid groups (broad SMARTS) is 1. The fourth-order valence-electron chi connectivity index (χ4n) is 5.29. The first-order valence-corrected chi connectivity index (χ1v) is 18.0. The van der Waals surface area contributed by atoms with Crippen molar-refractivity contribution in [1.29, 1.82) is 0 Å². The van der Waals surface area contributed by atoms with Gasteiger partial charge in [-0.15, -0.1) is 0 Å². The largest absolute Gasteiger partial charge is 0.478 e. The second kappa shape index (κ2) is 19.6. The highest BCUT2D eigenvalue weighted by Crippen LogP contribution is 2.36. The fraction of sp³-hybridized carbons (Fsp3) is 0.590. The fourth-order valence-corrected chi connectivity index (χ4v) is 5.29. The summed E-state index contributed by atoms with van der Waals surface area (Å²) >= 11 is 0. The number of Topliss-reactive ketones (excluding diaryl/α,β-unsaturated/α-hetero) is 1. The van der Waals surface area contributed by atoms with Gasteiger partial charge >= 0.3 is 5.97 Å². The number of halogens is 6. The number of hydrogen-bond acceptors (Lipinski definition) is 9. The van der Waals surface area contributed by atoms with Crippen molar-refractivity contribution >= 4 is 23.6 Å². The third-order valence-electron chi connectivity index (χ3n) is 8.59. The highest BCUT2D eigenvalue weighted by atomic mass is 19.2. The van der Waals surface area contributed by atoms with Crippen molar-refractivity contribution in [2.24, 2.45) is 22.5 Å². The Morgan fingerprint density at radius 1 is 0.667 bits per heavy atom. The lowest BCUT2D eigenvalue weighted by atomic mass is 9.85. The molecule has 57 heavy (non-hydrogen) atoms. The first-order valence-electron chi connectivity index (χ1n) is 18.0. The van der Waals surface area contributed by atoms with Crippen molar-refractivity contribution in [1.82, 2.24) is 10.6 Å². The van der Waals surface area contributed by atoms with Crippen LogP contribution in [0.3, 0.4) is 0 Å². The van der Waals surface area contributed by atoms with Crippen LogP contribution >= 0.6 is 0 Å². The van der Waals surface area contributed by atoms with E-state index in [4.69, 9.17) is 29.8 Å². The van der Waals surface area contributed by atoms with Crippen LogP contribution in [0.4, 0.5) is 26.3 Å². The first kappa shape index (κ1) is 49.0. The van der Waals surface area contributed by atoms with Gasteiger partial charge < -0.3 is 40.4 Å². The van der Waals surface area contributed by atoms with Crippen molar-refractivity contribution in [2.75, 3.05) is 26.3 Å². The summed E-state index contributed by atoms with van der Waals surface area (Å²) in [4.78, 5) is 47.0. The van der Waals surface area contributed by atoms with E-state index in [1.165, 1.54) is 0 Å². The van der Waals surface area contributed by atoms with Crippen molar-refractivity contribution < 1.29 is 69.6 Å². The third-order valence-corrected chi connectivity index (χ3v) is 8.59. The third kappa shape index (κ3) is 14.7. The molecule has 0 spiro atoms. The summed E-state index contributed by atoms with van der Waals surface area (Å²) in [6.45, 7) is 19.7. The van der Waals surface area contributed by atoms with Gasteiger partial charge in [-0.3, -0.25) is 14.4 Å². The minimum atomic E-state index is -1.63. The number of carbonyl (C=O) groups excluding carboxylic acids is 3. The molecule has 2 amide bonds. The molecular weight excluding hydrogens is 768 g/mol. The van der Waals surface area contributed by atoms with Crippen molar-refractivity contribution in [3.8, 4) is 0 Å². The maximum atomic E-state index is 13.7. The molecule has 18 heteroatoms. The molecule has 4 atom stereocenters. The predicted octanol–water partition coefficient (Wildman–Crippen LogP) is 6.04. The summed E-state index contributed by atoms with van der Waals surface area (Å²) in [5.41, 5.74) is 3.35. The van der Waals surface area contributed by atoms with Gasteiger partial charge in [-0.1, -0.05) is 34.6 Å². The number of ether oxygens (including phenoxy) is 4. The normalized spacial score (nSPS) is 21.3. The zero-order chi connectivity index (χ0) is 43.8. The molecule has 0 aliphatic carbocycles. The Kier molecular flexibility index (Phi) is 16.8. The van der Waals surface area contributed by atoms with Crippen LogP contribution in [0.1, 0.15) is 96.4 Å². The molecule has 2 aliphatic heterocycles. The quantitative estimate of drug-likeness (QED) is 0.126. The molecule has 2 saturated heterocycles. The van der Waals surface area contributed by atoms with Crippen LogP contribution in [-0.2, 0) is 28.5 Å². The Bertz CT molecular complexity index is 1770. The van der Waals surface area contributed by atoms with E-state index >= 15 is 0 Å². The van der Waals surface area contributed by atoms with Gasteiger partial charge in [-0.2, -0.15) is 0 Å². The van der Waals surface area contributed by atoms with E-state index in [1.54, 1.807) is 20.8 Å². The monoisotopic (exact) mass is 821 g/mol. The van der Waals surface area contributed by atoms with E-state index in [0.29, 0.717) is 38.0 Å². The maximum absolute atomic E-state index is 13.7. The molecule has 2 aromatic carbocycles. The molecular formula is C39H53F6N3O9. The second-order valence-corrected chi connectivity index (χ2v) is 16.3. The minimum Gasteiger partial charge on any atom is -0.478 e. The average molecular weight is 822 g/mol. The number of nitrogens with two attached hydrogens (primary N) is 1. The molecule has 0 aromatic heterocycles. The first-order chi connectivity index (χ1) is 26.0. The number of rotatable bonds is 10. The predicted molar refractivity (Wildman–Crippen MR) is 195 cm³/mol. The number of ketones is 1. The summed E-state index contributed by atoms with van der Waals surface area (Å²) in [5, 5.41) is 13.8. The molecule has 2 aliphatic rings. The van der Waals surface area contributed by atoms with Gasteiger partial charge in [0.2, 0.25) is 11.8 Å². The smallest absolute Gasteiger partial charge is 0.338 e. The molecule has 12 nitrogen and oxygen atoms in total. The summed E-state index contributed by atoms with van der Waals surface area (Å²) in [5.74, 6) is -12.5. The Balaban J connectivity index is 0.000000327. The average Bonchev–Trinajstić information content (AvgIpc) is 3.08. The molecule has 0 bridgehead atoms. The van der Waals surface area contributed by atoms with Gasteiger partial charge in [0.1, 0.15) is 23.8 Å². The van der Waals surface area contributed by atoms with Crippen LogP contribution in [0.5, 0.6) is 0 Å². The molecule has 4 rings (SSSR count). The molecule has 0 radical (unpaired) electrons. The SMILES string of the molecule is C[C@@H](CNC(=O)[C@@H]1OC(C)(C)OCC1(C)C)CC(=O)c1cc(F)c(F)cc1F.C[C@H](N)CNC(=O)[C@@H]1OC(C)(C)OCC1(C)C.O=C(O)c1cc(F)c(F)cc1F. The summed E-state index contributed by atoms with van der Waals surface area (Å²) < 4.78 is 99.6. The van der Waals surface area contributed by atoms with Crippen LogP contribution in [0.2, 0.25) is 0 Å². The van der Waals surface area contributed by atoms with Gasteiger partial charge in [-0.25, -0.2) is 31.1 Å². The highest BCUT2D eigenvalue weighted by molar-refractivity contribution is 5.96. The lowest BCUT2D eigenvalue weighted by Gasteiger charge is -2.44. The molecule has 2 heterocycles. The van der Waals surface area contributed by atoms with E-state index in [1.807, 2.05) is 48.5 Å². The van der Waals surface area contributed by atoms with Crippen LogP contribution in [0.25, 0.3) is 0 Å². The molecule has 2 aromatic rings. The lowest BCUT2D eigenvalue weighted by Crippen LogP contribution is -2.57. The summed E-state index contributed by atoms with van der Waals surface area (Å²) in [6.07, 6.45) is -1.38. The van der Waals surface area contributed by atoms with E-state index < -0.39 is 87.0 Å². The zero-order valence-electron chi connectivity index (χ0n) is 33.7. The zero-order valence-corrected chi connectivity index (χ0v) is 33.7. The highest BCUT2D eigenvalue weighted by Gasteiger charge is 2.47. The topological polar surface area (TPSA) is 176 Å². The number of aromatic carboxylic acids is 1. The molecule has 5 N–H and O–H groups in total. The lowest BCUT2D eigenvalue weighted by molar-refractivity contribution is -0.304. The number of benzene rings is 2. The van der Waals surface area contributed by atoms with Gasteiger partial charge in [0.15, 0.2) is 40.6 Å². The Morgan fingerprint density at radius 3 is 1.44 bits per heavy atom. The van der Waals surface area contributed by atoms with Crippen LogP contribution < -0.4 is 16.4 Å².